The Hall–Kier alpha value is -1.79. The van der Waals surface area contributed by atoms with Crippen molar-refractivity contribution in [2.45, 2.75) is 71.2 Å². The van der Waals surface area contributed by atoms with Crippen LogP contribution in [0.2, 0.25) is 0 Å². The highest BCUT2D eigenvalue weighted by atomic mass is 19.4. The summed E-state index contributed by atoms with van der Waals surface area (Å²) >= 11 is 0. The predicted octanol–water partition coefficient (Wildman–Crippen LogP) is 4.34. The van der Waals surface area contributed by atoms with Crippen LogP contribution in [-0.4, -0.2) is 23.0 Å². The van der Waals surface area contributed by atoms with Gasteiger partial charge in [0, 0.05) is 24.7 Å². The standard InChI is InChI=1S/C18H25F3N2O2/c1-17(2,3)10-15(24)23-13-5-7-14(8-6-13)25-16-9-4-12(11-22-16)18(19,20)21/h4,9,11,13-14H,5-8,10H2,1-3H3,(H,23,24). The molecule has 4 nitrogen and oxygen atoms in total. The monoisotopic (exact) mass is 358 g/mol. The molecule has 1 heterocycles. The van der Waals surface area contributed by atoms with E-state index in [0.29, 0.717) is 6.42 Å². The summed E-state index contributed by atoms with van der Waals surface area (Å²) in [6.07, 6.45) is -0.143. The number of hydrogen-bond donors (Lipinski definition) is 1. The number of alkyl halides is 3. The maximum Gasteiger partial charge on any atom is 0.417 e. The predicted molar refractivity (Wildman–Crippen MR) is 88.1 cm³/mol. The Balaban J connectivity index is 1.78. The van der Waals surface area contributed by atoms with Crippen LogP contribution < -0.4 is 10.1 Å². The van der Waals surface area contributed by atoms with E-state index >= 15 is 0 Å². The van der Waals surface area contributed by atoms with Crippen molar-refractivity contribution in [3.63, 3.8) is 0 Å². The number of ether oxygens (including phenoxy) is 1. The lowest BCUT2D eigenvalue weighted by atomic mass is 9.90. The lowest BCUT2D eigenvalue weighted by Crippen LogP contribution is -2.40. The van der Waals surface area contributed by atoms with Gasteiger partial charge in [-0.1, -0.05) is 20.8 Å². The molecule has 0 saturated heterocycles. The lowest BCUT2D eigenvalue weighted by Gasteiger charge is -2.30. The maximum atomic E-state index is 12.5. The van der Waals surface area contributed by atoms with Gasteiger partial charge in [-0.05, 0) is 37.2 Å². The average Bonchev–Trinajstić information content (AvgIpc) is 2.47. The van der Waals surface area contributed by atoms with Crippen LogP contribution in [0.1, 0.15) is 58.4 Å². The maximum absolute atomic E-state index is 12.5. The summed E-state index contributed by atoms with van der Waals surface area (Å²) in [6, 6.07) is 2.36. The molecule has 0 spiro atoms. The summed E-state index contributed by atoms with van der Waals surface area (Å²) in [4.78, 5) is 15.7. The number of aromatic nitrogens is 1. The number of pyridine rings is 1. The third kappa shape index (κ3) is 6.55. The minimum absolute atomic E-state index is 0.0430. The molecule has 1 aromatic rings. The van der Waals surface area contributed by atoms with Crippen LogP contribution in [0.25, 0.3) is 0 Å². The lowest BCUT2D eigenvalue weighted by molar-refractivity contribution is -0.137. The summed E-state index contributed by atoms with van der Waals surface area (Å²) in [5, 5.41) is 3.05. The molecule has 2 rings (SSSR count). The van der Waals surface area contributed by atoms with E-state index in [2.05, 4.69) is 10.3 Å². The van der Waals surface area contributed by atoms with Gasteiger partial charge >= 0.3 is 6.18 Å². The van der Waals surface area contributed by atoms with Crippen LogP contribution in [0.5, 0.6) is 5.88 Å². The summed E-state index contributed by atoms with van der Waals surface area (Å²) in [6.45, 7) is 6.07. The second kappa shape index (κ2) is 7.62. The molecule has 7 heteroatoms. The van der Waals surface area contributed by atoms with Crippen molar-refractivity contribution in [1.29, 1.82) is 0 Å². The van der Waals surface area contributed by atoms with Crippen LogP contribution in [0.4, 0.5) is 13.2 Å². The number of rotatable bonds is 4. The SMILES string of the molecule is CC(C)(C)CC(=O)NC1CCC(Oc2ccc(C(F)(F)F)cn2)CC1. The minimum atomic E-state index is -4.39. The Labute approximate surface area is 146 Å². The Morgan fingerprint density at radius 1 is 1.20 bits per heavy atom. The summed E-state index contributed by atoms with van der Waals surface area (Å²) < 4.78 is 43.2. The fourth-order valence-corrected chi connectivity index (χ4v) is 2.87. The molecule has 1 amide bonds. The van der Waals surface area contributed by atoms with Crippen LogP contribution in [0.3, 0.4) is 0 Å². The van der Waals surface area contributed by atoms with E-state index in [1.807, 2.05) is 20.8 Å². The largest absolute Gasteiger partial charge is 0.474 e. The smallest absolute Gasteiger partial charge is 0.417 e. The van der Waals surface area contributed by atoms with Crippen LogP contribution >= 0.6 is 0 Å². The Morgan fingerprint density at radius 3 is 2.32 bits per heavy atom. The number of hydrogen-bond acceptors (Lipinski definition) is 3. The molecule has 0 atom stereocenters. The van der Waals surface area contributed by atoms with E-state index in [4.69, 9.17) is 4.74 Å². The van der Waals surface area contributed by atoms with Gasteiger partial charge in [0.2, 0.25) is 11.8 Å². The number of nitrogens with zero attached hydrogens (tertiary/aromatic N) is 1. The molecule has 0 aliphatic heterocycles. The van der Waals surface area contributed by atoms with E-state index in [9.17, 15) is 18.0 Å². The van der Waals surface area contributed by atoms with Gasteiger partial charge in [-0.25, -0.2) is 4.98 Å². The highest BCUT2D eigenvalue weighted by Crippen LogP contribution is 2.30. The van der Waals surface area contributed by atoms with E-state index < -0.39 is 11.7 Å². The van der Waals surface area contributed by atoms with Gasteiger partial charge in [-0.15, -0.1) is 0 Å². The number of amides is 1. The molecule has 0 bridgehead atoms. The van der Waals surface area contributed by atoms with Crippen molar-refractivity contribution < 1.29 is 22.7 Å². The Morgan fingerprint density at radius 2 is 1.84 bits per heavy atom. The van der Waals surface area contributed by atoms with Gasteiger partial charge < -0.3 is 10.1 Å². The zero-order valence-electron chi connectivity index (χ0n) is 14.8. The fraction of sp³-hybridized carbons (Fsp3) is 0.667. The number of carbonyl (C=O) groups excluding carboxylic acids is 1. The third-order valence-corrected chi connectivity index (χ3v) is 4.08. The molecule has 1 fully saturated rings. The molecule has 140 valence electrons. The second-order valence-electron chi connectivity index (χ2n) is 7.78. The molecule has 0 aromatic carbocycles. The molecule has 0 unspecified atom stereocenters. The molecule has 1 N–H and O–H groups in total. The van der Waals surface area contributed by atoms with Gasteiger partial charge in [0.1, 0.15) is 6.10 Å². The summed E-state index contributed by atoms with van der Waals surface area (Å²) in [5.41, 5.74) is -0.830. The molecule has 0 radical (unpaired) electrons. The van der Waals surface area contributed by atoms with E-state index in [1.165, 1.54) is 6.07 Å². The zero-order valence-corrected chi connectivity index (χ0v) is 14.8. The third-order valence-electron chi connectivity index (χ3n) is 4.08. The fourth-order valence-electron chi connectivity index (χ4n) is 2.87. The topological polar surface area (TPSA) is 51.2 Å². The molecular formula is C18H25F3N2O2. The summed E-state index contributed by atoms with van der Waals surface area (Å²) in [7, 11) is 0. The van der Waals surface area contributed by atoms with Crippen molar-refractivity contribution in [2.75, 3.05) is 0 Å². The van der Waals surface area contributed by atoms with Gasteiger partial charge in [0.05, 0.1) is 5.56 Å². The Kier molecular flexibility index (Phi) is 5.95. The van der Waals surface area contributed by atoms with Crippen molar-refractivity contribution in [2.24, 2.45) is 5.41 Å². The van der Waals surface area contributed by atoms with Gasteiger partial charge in [-0.3, -0.25) is 4.79 Å². The first-order valence-corrected chi connectivity index (χ1v) is 8.52. The van der Waals surface area contributed by atoms with Gasteiger partial charge in [0.15, 0.2) is 0 Å². The quantitative estimate of drug-likeness (QED) is 0.871. The Bertz CT molecular complexity index is 571. The molecular weight excluding hydrogens is 333 g/mol. The van der Waals surface area contributed by atoms with Crippen LogP contribution in [-0.2, 0) is 11.0 Å². The minimum Gasteiger partial charge on any atom is -0.474 e. The normalized spacial score (nSPS) is 21.7. The first-order valence-electron chi connectivity index (χ1n) is 8.52. The first kappa shape index (κ1) is 19.5. The van der Waals surface area contributed by atoms with Crippen molar-refractivity contribution in [3.8, 4) is 5.88 Å². The highest BCUT2D eigenvalue weighted by molar-refractivity contribution is 5.76. The van der Waals surface area contributed by atoms with Crippen molar-refractivity contribution in [1.82, 2.24) is 10.3 Å². The van der Waals surface area contributed by atoms with Crippen LogP contribution in [0, 0.1) is 5.41 Å². The second-order valence-corrected chi connectivity index (χ2v) is 7.78. The number of nitrogens with one attached hydrogen (secondary N) is 1. The van der Waals surface area contributed by atoms with Crippen molar-refractivity contribution in [3.05, 3.63) is 23.9 Å². The zero-order chi connectivity index (χ0) is 18.7. The number of halogens is 3. The van der Waals surface area contributed by atoms with Crippen LogP contribution in [0.15, 0.2) is 18.3 Å². The average molecular weight is 358 g/mol. The molecule has 1 aromatic heterocycles. The van der Waals surface area contributed by atoms with Gasteiger partial charge in [0.25, 0.3) is 0 Å². The molecule has 1 saturated carbocycles. The van der Waals surface area contributed by atoms with Crippen molar-refractivity contribution >= 4 is 5.91 Å². The highest BCUT2D eigenvalue weighted by Gasteiger charge is 2.31. The molecule has 1 aliphatic rings. The number of carbonyl (C=O) groups is 1. The first-order chi connectivity index (χ1) is 11.5. The van der Waals surface area contributed by atoms with E-state index in [1.54, 1.807) is 0 Å². The summed E-state index contributed by atoms with van der Waals surface area (Å²) in [5.74, 6) is 0.259. The van der Waals surface area contributed by atoms with E-state index in [0.717, 1.165) is 37.9 Å². The van der Waals surface area contributed by atoms with Gasteiger partial charge in [-0.2, -0.15) is 13.2 Å². The molecule has 1 aliphatic carbocycles. The molecule has 25 heavy (non-hydrogen) atoms. The van der Waals surface area contributed by atoms with E-state index in [-0.39, 0.29) is 29.3 Å².